The van der Waals surface area contributed by atoms with Crippen molar-refractivity contribution < 1.29 is 1.43 Å². The maximum Gasteiger partial charge on any atom is 0.0472 e. The number of para-hydroxylation sites is 2. The Morgan fingerprint density at radius 1 is 0.500 bits per heavy atom. The Balaban J connectivity index is 0.00000115. The molecular formula is C18H14N2. The van der Waals surface area contributed by atoms with Crippen LogP contribution in [0.1, 0.15) is 1.43 Å². The van der Waals surface area contributed by atoms with Crippen LogP contribution in [-0.2, 0) is 0 Å². The van der Waals surface area contributed by atoms with E-state index in [-0.39, 0.29) is 1.43 Å². The minimum absolute atomic E-state index is 0. The molecule has 2 N–H and O–H groups in total. The maximum atomic E-state index is 3.51. The second-order valence-corrected chi connectivity index (χ2v) is 5.28. The summed E-state index contributed by atoms with van der Waals surface area (Å²) < 4.78 is 0. The van der Waals surface area contributed by atoms with Crippen LogP contribution >= 0.6 is 0 Å². The van der Waals surface area contributed by atoms with Crippen LogP contribution in [0.15, 0.2) is 60.7 Å². The second-order valence-electron chi connectivity index (χ2n) is 5.28. The molecule has 0 spiro atoms. The van der Waals surface area contributed by atoms with Gasteiger partial charge in [-0.3, -0.25) is 0 Å². The van der Waals surface area contributed by atoms with Gasteiger partial charge in [-0.15, -0.1) is 0 Å². The Morgan fingerprint density at radius 2 is 0.950 bits per heavy atom. The molecule has 0 fully saturated rings. The summed E-state index contributed by atoms with van der Waals surface area (Å²) in [5.74, 6) is 0. The zero-order chi connectivity index (χ0) is 13.1. The van der Waals surface area contributed by atoms with Gasteiger partial charge in [-0.1, -0.05) is 36.4 Å². The van der Waals surface area contributed by atoms with Gasteiger partial charge in [0.2, 0.25) is 0 Å². The summed E-state index contributed by atoms with van der Waals surface area (Å²) in [7, 11) is 0. The van der Waals surface area contributed by atoms with E-state index in [4.69, 9.17) is 0 Å². The van der Waals surface area contributed by atoms with Gasteiger partial charge in [-0.2, -0.15) is 0 Å². The molecule has 2 heteroatoms. The third-order valence-corrected chi connectivity index (χ3v) is 4.13. The largest absolute Gasteiger partial charge is 0.354 e. The Labute approximate surface area is 116 Å². The van der Waals surface area contributed by atoms with Gasteiger partial charge in [-0.05, 0) is 24.3 Å². The third kappa shape index (κ3) is 1.18. The molecule has 3 aromatic carbocycles. The minimum Gasteiger partial charge on any atom is -0.354 e. The Morgan fingerprint density at radius 3 is 1.45 bits per heavy atom. The molecule has 0 aliphatic carbocycles. The molecule has 20 heavy (non-hydrogen) atoms. The van der Waals surface area contributed by atoms with Crippen molar-refractivity contribution in [2.45, 2.75) is 0 Å². The third-order valence-electron chi connectivity index (χ3n) is 4.13. The molecule has 5 rings (SSSR count). The Bertz CT molecular complexity index is 1010. The summed E-state index contributed by atoms with van der Waals surface area (Å²) in [5, 5.41) is 5.12. The first-order valence-corrected chi connectivity index (χ1v) is 6.81. The molecule has 0 saturated heterocycles. The number of rotatable bonds is 0. The topological polar surface area (TPSA) is 31.6 Å². The van der Waals surface area contributed by atoms with Gasteiger partial charge < -0.3 is 9.97 Å². The van der Waals surface area contributed by atoms with Crippen molar-refractivity contribution in [2.75, 3.05) is 0 Å². The molecule has 2 nitrogen and oxygen atoms in total. The zero-order valence-electron chi connectivity index (χ0n) is 10.8. The quantitative estimate of drug-likeness (QED) is 0.382. The molecule has 0 bridgehead atoms. The molecule has 5 aromatic rings. The summed E-state index contributed by atoms with van der Waals surface area (Å²) in [6.45, 7) is 0. The molecule has 0 aliphatic rings. The summed E-state index contributed by atoms with van der Waals surface area (Å²) in [4.78, 5) is 7.02. The van der Waals surface area contributed by atoms with Crippen LogP contribution in [0.25, 0.3) is 43.6 Å². The lowest BCUT2D eigenvalue weighted by Crippen LogP contribution is -1.70. The molecule has 2 aromatic heterocycles. The zero-order valence-corrected chi connectivity index (χ0v) is 10.8. The van der Waals surface area contributed by atoms with E-state index in [9.17, 15) is 0 Å². The van der Waals surface area contributed by atoms with Crippen LogP contribution in [0.5, 0.6) is 0 Å². The highest BCUT2D eigenvalue weighted by Crippen LogP contribution is 2.32. The maximum absolute atomic E-state index is 3.51. The molecule has 2 heterocycles. The van der Waals surface area contributed by atoms with Gasteiger partial charge in [0.25, 0.3) is 0 Å². The summed E-state index contributed by atoms with van der Waals surface area (Å²) in [5.41, 5.74) is 4.78. The van der Waals surface area contributed by atoms with Gasteiger partial charge in [0, 0.05) is 45.0 Å². The van der Waals surface area contributed by atoms with Crippen molar-refractivity contribution in [1.82, 2.24) is 9.97 Å². The second kappa shape index (κ2) is 3.42. The van der Waals surface area contributed by atoms with Crippen molar-refractivity contribution in [3.05, 3.63) is 60.7 Å². The van der Waals surface area contributed by atoms with E-state index in [1.165, 1.54) is 43.6 Å². The first-order valence-electron chi connectivity index (χ1n) is 6.81. The summed E-state index contributed by atoms with van der Waals surface area (Å²) in [6, 6.07) is 21.4. The number of aromatic nitrogens is 2. The molecule has 96 valence electrons. The monoisotopic (exact) mass is 258 g/mol. The van der Waals surface area contributed by atoms with Gasteiger partial charge in [0.05, 0.1) is 0 Å². The van der Waals surface area contributed by atoms with E-state index in [1.807, 2.05) is 0 Å². The number of hydrogen-bond acceptors (Lipinski definition) is 0. The van der Waals surface area contributed by atoms with E-state index in [2.05, 4.69) is 70.6 Å². The minimum atomic E-state index is 0. The van der Waals surface area contributed by atoms with Crippen LogP contribution in [-0.4, -0.2) is 9.97 Å². The molecule has 0 atom stereocenters. The average molecular weight is 258 g/mol. The fourth-order valence-electron chi connectivity index (χ4n) is 3.20. The Kier molecular flexibility index (Phi) is 1.73. The highest BCUT2D eigenvalue weighted by atomic mass is 14.7. The number of H-pyrrole nitrogens is 2. The van der Waals surface area contributed by atoms with Crippen molar-refractivity contribution in [3.8, 4) is 0 Å². The number of nitrogens with one attached hydrogen (secondary N) is 2. The standard InChI is InChI=1S/C18H12N2.H2/c1-3-7-15-11(5-1)13-9-18-14(10-17(13)19-15)12-6-2-4-8-16(12)20-18;/h1-10,19-20H;1H. The van der Waals surface area contributed by atoms with E-state index < -0.39 is 0 Å². The smallest absolute Gasteiger partial charge is 0.0472 e. The van der Waals surface area contributed by atoms with E-state index in [1.54, 1.807) is 0 Å². The van der Waals surface area contributed by atoms with Gasteiger partial charge >= 0.3 is 0 Å². The summed E-state index contributed by atoms with van der Waals surface area (Å²) >= 11 is 0. The fourth-order valence-corrected chi connectivity index (χ4v) is 3.20. The molecule has 0 unspecified atom stereocenters. The van der Waals surface area contributed by atoms with Crippen molar-refractivity contribution >= 4 is 43.6 Å². The highest BCUT2D eigenvalue weighted by molar-refractivity contribution is 6.16. The molecule has 0 radical (unpaired) electrons. The van der Waals surface area contributed by atoms with E-state index in [0.29, 0.717) is 0 Å². The highest BCUT2D eigenvalue weighted by Gasteiger charge is 2.08. The van der Waals surface area contributed by atoms with Gasteiger partial charge in [0.1, 0.15) is 0 Å². The van der Waals surface area contributed by atoms with Crippen molar-refractivity contribution in [1.29, 1.82) is 0 Å². The lowest BCUT2D eigenvalue weighted by Gasteiger charge is -1.93. The molecule has 0 aliphatic heterocycles. The normalized spacial score (nSPS) is 12.0. The van der Waals surface area contributed by atoms with Crippen LogP contribution in [0.2, 0.25) is 0 Å². The molecule has 0 saturated carbocycles. The first kappa shape index (κ1) is 10.1. The van der Waals surface area contributed by atoms with E-state index >= 15 is 0 Å². The van der Waals surface area contributed by atoms with Crippen LogP contribution < -0.4 is 0 Å². The predicted molar refractivity (Wildman–Crippen MR) is 87.3 cm³/mol. The fraction of sp³-hybridized carbons (Fsp3) is 0. The lowest BCUT2D eigenvalue weighted by atomic mass is 10.1. The number of hydrogen-bond donors (Lipinski definition) is 2. The number of fused-ring (bicyclic) bond motifs is 6. The average Bonchev–Trinajstić information content (AvgIpc) is 3.02. The van der Waals surface area contributed by atoms with Crippen LogP contribution in [0.4, 0.5) is 0 Å². The Hall–Kier alpha value is -2.74. The van der Waals surface area contributed by atoms with Crippen molar-refractivity contribution in [2.24, 2.45) is 0 Å². The molecular weight excluding hydrogens is 244 g/mol. The predicted octanol–water partition coefficient (Wildman–Crippen LogP) is 5.20. The van der Waals surface area contributed by atoms with Crippen molar-refractivity contribution in [3.63, 3.8) is 0 Å². The number of aromatic amines is 2. The van der Waals surface area contributed by atoms with Gasteiger partial charge in [0.15, 0.2) is 0 Å². The van der Waals surface area contributed by atoms with E-state index in [0.717, 1.165) is 0 Å². The molecule has 0 amide bonds. The lowest BCUT2D eigenvalue weighted by molar-refractivity contribution is 1.54. The first-order chi connectivity index (χ1) is 9.90. The van der Waals surface area contributed by atoms with Crippen LogP contribution in [0, 0.1) is 0 Å². The number of benzene rings is 3. The van der Waals surface area contributed by atoms with Crippen LogP contribution in [0.3, 0.4) is 0 Å². The summed E-state index contributed by atoms with van der Waals surface area (Å²) in [6.07, 6.45) is 0. The SMILES string of the molecule is [HH].c1ccc2c(c1)[nH]c1cc3c(cc12)[nH]c1ccccc13. The van der Waals surface area contributed by atoms with Gasteiger partial charge in [-0.25, -0.2) is 0 Å².